The van der Waals surface area contributed by atoms with E-state index in [1.165, 1.54) is 12.0 Å². The fraction of sp³-hybridized carbons (Fsp3) is 0.286. The highest BCUT2D eigenvalue weighted by molar-refractivity contribution is 5.82. The highest BCUT2D eigenvalue weighted by atomic mass is 16.6. The molecule has 1 saturated heterocycles. The summed E-state index contributed by atoms with van der Waals surface area (Å²) in [7, 11) is 1.28. The number of carbonyl (C=O) groups is 2. The minimum Gasteiger partial charge on any atom is -0.488 e. The topological polar surface area (TPSA) is 88.9 Å². The number of esters is 1. The molecule has 0 aromatic heterocycles. The molecule has 0 unspecified atom stereocenters. The smallest absolute Gasteiger partial charge is 0.410 e. The summed E-state index contributed by atoms with van der Waals surface area (Å²) in [5.74, 6) is 0.0507. The number of likely N-dealkylation sites (tertiary alicyclic amines) is 1. The Morgan fingerprint density at radius 2 is 1.86 bits per heavy atom. The van der Waals surface area contributed by atoms with E-state index < -0.39 is 18.1 Å². The molecule has 1 amide bonds. The maximum absolute atomic E-state index is 12.5. The monoisotopic (exact) mass is 380 g/mol. The summed E-state index contributed by atoms with van der Waals surface area (Å²) < 4.78 is 16.1. The molecule has 2 atom stereocenters. The third kappa shape index (κ3) is 4.60. The van der Waals surface area contributed by atoms with Crippen LogP contribution in [0.25, 0.3) is 0 Å². The highest BCUT2D eigenvalue weighted by Gasteiger charge is 2.42. The van der Waals surface area contributed by atoms with Gasteiger partial charge in [0.1, 0.15) is 24.5 Å². The largest absolute Gasteiger partial charge is 0.488 e. The van der Waals surface area contributed by atoms with Crippen LogP contribution in [0, 0.1) is 11.3 Å². The molecule has 144 valence electrons. The predicted octanol–water partition coefficient (Wildman–Crippen LogP) is 2.89. The van der Waals surface area contributed by atoms with Gasteiger partial charge in [0.15, 0.2) is 0 Å². The van der Waals surface area contributed by atoms with Crippen LogP contribution in [0.2, 0.25) is 0 Å². The molecule has 0 radical (unpaired) electrons. The van der Waals surface area contributed by atoms with Crippen molar-refractivity contribution in [1.82, 2.24) is 4.90 Å². The van der Waals surface area contributed by atoms with E-state index in [-0.39, 0.29) is 19.3 Å². The first-order valence-corrected chi connectivity index (χ1v) is 8.82. The highest BCUT2D eigenvalue weighted by Crippen LogP contribution is 2.25. The normalized spacial score (nSPS) is 18.2. The molecule has 1 aliphatic heterocycles. The molecule has 1 heterocycles. The summed E-state index contributed by atoms with van der Waals surface area (Å²) in [5, 5.41) is 8.86. The minimum absolute atomic E-state index is 0.116. The minimum atomic E-state index is -0.767. The zero-order valence-corrected chi connectivity index (χ0v) is 15.4. The van der Waals surface area contributed by atoms with Crippen molar-refractivity contribution >= 4 is 12.1 Å². The molecule has 28 heavy (non-hydrogen) atoms. The summed E-state index contributed by atoms with van der Waals surface area (Å²) in [4.78, 5) is 26.0. The molecule has 0 bridgehead atoms. The van der Waals surface area contributed by atoms with Crippen molar-refractivity contribution in [3.8, 4) is 11.8 Å². The van der Waals surface area contributed by atoms with Crippen LogP contribution >= 0.6 is 0 Å². The third-order valence-electron chi connectivity index (χ3n) is 4.46. The third-order valence-corrected chi connectivity index (χ3v) is 4.46. The average Bonchev–Trinajstić information content (AvgIpc) is 3.16. The standard InChI is InChI=1S/C21H20N2O5/c1-26-20(24)19-11-18(28-17-9-7-15(12-22)8-10-17)13-23(19)21(25)27-14-16-5-3-2-4-6-16/h2-10,18-19H,11,13-14H2,1H3/t18-,19-/m0/s1. The summed E-state index contributed by atoms with van der Waals surface area (Å²) in [6.07, 6.45) is -0.681. The number of nitriles is 1. The fourth-order valence-corrected chi connectivity index (χ4v) is 3.05. The predicted molar refractivity (Wildman–Crippen MR) is 99.3 cm³/mol. The molecule has 0 N–H and O–H groups in total. The number of amides is 1. The van der Waals surface area contributed by atoms with Crippen LogP contribution in [0.5, 0.6) is 5.75 Å². The first kappa shape index (κ1) is 19.2. The van der Waals surface area contributed by atoms with Crippen molar-refractivity contribution in [1.29, 1.82) is 5.26 Å². The lowest BCUT2D eigenvalue weighted by Gasteiger charge is -2.21. The van der Waals surface area contributed by atoms with Crippen LogP contribution in [0.4, 0.5) is 4.79 Å². The summed E-state index contributed by atoms with van der Waals surface area (Å²) in [5.41, 5.74) is 1.38. The number of methoxy groups -OCH3 is 1. The number of hydrogen-bond acceptors (Lipinski definition) is 6. The first-order valence-electron chi connectivity index (χ1n) is 8.82. The van der Waals surface area contributed by atoms with Gasteiger partial charge in [-0.25, -0.2) is 9.59 Å². The Morgan fingerprint density at radius 1 is 1.14 bits per heavy atom. The van der Waals surface area contributed by atoms with Crippen LogP contribution in [-0.4, -0.2) is 42.8 Å². The van der Waals surface area contributed by atoms with E-state index >= 15 is 0 Å². The van der Waals surface area contributed by atoms with Crippen molar-refractivity contribution < 1.29 is 23.8 Å². The summed E-state index contributed by atoms with van der Waals surface area (Å²) in [6, 6.07) is 17.2. The molecule has 2 aromatic rings. The average molecular weight is 380 g/mol. The molecule has 0 aliphatic carbocycles. The Morgan fingerprint density at radius 3 is 2.50 bits per heavy atom. The molecule has 0 spiro atoms. The van der Waals surface area contributed by atoms with Crippen molar-refractivity contribution in [2.45, 2.75) is 25.2 Å². The van der Waals surface area contributed by atoms with E-state index in [2.05, 4.69) is 0 Å². The molecule has 1 fully saturated rings. The quantitative estimate of drug-likeness (QED) is 0.741. The molecule has 1 aliphatic rings. The second-order valence-corrected chi connectivity index (χ2v) is 6.34. The Labute approximate surface area is 163 Å². The van der Waals surface area contributed by atoms with Gasteiger partial charge in [-0.1, -0.05) is 30.3 Å². The van der Waals surface area contributed by atoms with Crippen LogP contribution in [0.3, 0.4) is 0 Å². The summed E-state index contributed by atoms with van der Waals surface area (Å²) in [6.45, 7) is 0.318. The van der Waals surface area contributed by atoms with E-state index in [4.69, 9.17) is 19.5 Å². The lowest BCUT2D eigenvalue weighted by Crippen LogP contribution is -2.41. The SMILES string of the molecule is COC(=O)[C@@H]1C[C@H](Oc2ccc(C#N)cc2)CN1C(=O)OCc1ccccc1. The Bertz CT molecular complexity index is 861. The number of ether oxygens (including phenoxy) is 3. The number of rotatable bonds is 5. The van der Waals surface area contributed by atoms with Gasteiger partial charge >= 0.3 is 12.1 Å². The lowest BCUT2D eigenvalue weighted by atomic mass is 10.2. The molecule has 7 nitrogen and oxygen atoms in total. The number of benzene rings is 2. The van der Waals surface area contributed by atoms with Gasteiger partial charge in [-0.05, 0) is 29.8 Å². The number of hydrogen-bond donors (Lipinski definition) is 0. The molecule has 2 aromatic carbocycles. The maximum Gasteiger partial charge on any atom is 0.410 e. The van der Waals surface area contributed by atoms with Gasteiger partial charge < -0.3 is 14.2 Å². The van der Waals surface area contributed by atoms with Crippen LogP contribution in [0.15, 0.2) is 54.6 Å². The Balaban J connectivity index is 1.65. The lowest BCUT2D eigenvalue weighted by molar-refractivity contribution is -0.145. The van der Waals surface area contributed by atoms with E-state index in [0.29, 0.717) is 17.7 Å². The fourth-order valence-electron chi connectivity index (χ4n) is 3.05. The molecule has 0 saturated carbocycles. The number of nitrogens with zero attached hydrogens (tertiary/aromatic N) is 2. The van der Waals surface area contributed by atoms with Crippen LogP contribution in [0.1, 0.15) is 17.5 Å². The molecule has 7 heteroatoms. The van der Waals surface area contributed by atoms with Crippen LogP contribution in [-0.2, 0) is 20.9 Å². The van der Waals surface area contributed by atoms with Gasteiger partial charge in [-0.2, -0.15) is 5.26 Å². The van der Waals surface area contributed by atoms with Crippen molar-refractivity contribution in [2.24, 2.45) is 0 Å². The second kappa shape index (κ2) is 8.91. The Kier molecular flexibility index (Phi) is 6.12. The van der Waals surface area contributed by atoms with Gasteiger partial charge in [0, 0.05) is 6.42 Å². The molecular weight excluding hydrogens is 360 g/mol. The van der Waals surface area contributed by atoms with Gasteiger partial charge in [-0.3, -0.25) is 4.90 Å². The van der Waals surface area contributed by atoms with E-state index in [9.17, 15) is 9.59 Å². The number of carbonyl (C=O) groups excluding carboxylic acids is 2. The zero-order valence-electron chi connectivity index (χ0n) is 15.4. The Hall–Kier alpha value is -3.53. The summed E-state index contributed by atoms with van der Waals surface area (Å²) >= 11 is 0. The van der Waals surface area contributed by atoms with Crippen molar-refractivity contribution in [2.75, 3.05) is 13.7 Å². The van der Waals surface area contributed by atoms with Crippen molar-refractivity contribution in [3.63, 3.8) is 0 Å². The zero-order chi connectivity index (χ0) is 19.9. The van der Waals surface area contributed by atoms with Crippen molar-refractivity contribution in [3.05, 3.63) is 65.7 Å². The molecular formula is C21H20N2O5. The second-order valence-electron chi connectivity index (χ2n) is 6.34. The molecule has 3 rings (SSSR count). The van der Waals surface area contributed by atoms with Gasteiger partial charge in [0.2, 0.25) is 0 Å². The maximum atomic E-state index is 12.5. The van der Waals surface area contributed by atoms with Crippen LogP contribution < -0.4 is 4.74 Å². The van der Waals surface area contributed by atoms with Gasteiger partial charge in [0.05, 0.1) is 25.3 Å². The van der Waals surface area contributed by atoms with Gasteiger partial charge in [0.25, 0.3) is 0 Å². The van der Waals surface area contributed by atoms with Gasteiger partial charge in [-0.15, -0.1) is 0 Å². The van der Waals surface area contributed by atoms with E-state index in [1.54, 1.807) is 24.3 Å². The first-order chi connectivity index (χ1) is 13.6. The van der Waals surface area contributed by atoms with E-state index in [1.807, 2.05) is 36.4 Å². The van der Waals surface area contributed by atoms with E-state index in [0.717, 1.165) is 5.56 Å².